The molecule has 3 aromatic rings. The maximum absolute atomic E-state index is 12.5. The van der Waals surface area contributed by atoms with E-state index < -0.39 is 0 Å². The molecule has 2 heterocycles. The lowest BCUT2D eigenvalue weighted by atomic mass is 9.83. The van der Waals surface area contributed by atoms with Gasteiger partial charge in [0.25, 0.3) is 0 Å². The SMILES string of the molecule is CN(CCOc1ccc2c(ccc3onc([C@@H]4CCC(=O)CC4=O)c32)c1)C1CCNCC1. The maximum Gasteiger partial charge on any atom is 0.167 e. The van der Waals surface area contributed by atoms with Crippen LogP contribution in [0.15, 0.2) is 34.9 Å². The Morgan fingerprint density at radius 1 is 1.16 bits per heavy atom. The third-order valence-corrected chi connectivity index (χ3v) is 6.90. The molecule has 168 valence electrons. The van der Waals surface area contributed by atoms with Crippen molar-refractivity contribution in [2.24, 2.45) is 0 Å². The monoisotopic (exact) mass is 435 g/mol. The second-order valence-corrected chi connectivity index (χ2v) is 8.97. The summed E-state index contributed by atoms with van der Waals surface area (Å²) in [5, 5.41) is 10.5. The van der Waals surface area contributed by atoms with Crippen LogP contribution in [-0.4, -0.2) is 61.0 Å². The van der Waals surface area contributed by atoms with E-state index in [-0.39, 0.29) is 23.9 Å². The molecule has 32 heavy (non-hydrogen) atoms. The van der Waals surface area contributed by atoms with Crippen molar-refractivity contribution in [3.63, 3.8) is 0 Å². The zero-order valence-electron chi connectivity index (χ0n) is 18.4. The Kier molecular flexibility index (Phi) is 5.93. The first-order valence-corrected chi connectivity index (χ1v) is 11.5. The van der Waals surface area contributed by atoms with Crippen LogP contribution in [0, 0.1) is 0 Å². The quantitative estimate of drug-likeness (QED) is 0.594. The first-order valence-electron chi connectivity index (χ1n) is 11.5. The minimum Gasteiger partial charge on any atom is -0.492 e. The number of benzene rings is 2. The molecule has 0 amide bonds. The Morgan fingerprint density at radius 3 is 2.81 bits per heavy atom. The van der Waals surface area contributed by atoms with Crippen LogP contribution in [0.4, 0.5) is 0 Å². The van der Waals surface area contributed by atoms with Crippen LogP contribution in [0.3, 0.4) is 0 Å². The van der Waals surface area contributed by atoms with Gasteiger partial charge in [-0.1, -0.05) is 11.2 Å². The smallest absolute Gasteiger partial charge is 0.167 e. The van der Waals surface area contributed by atoms with Crippen LogP contribution in [-0.2, 0) is 9.59 Å². The van der Waals surface area contributed by atoms with Crippen molar-refractivity contribution in [2.75, 3.05) is 33.3 Å². The number of nitrogens with one attached hydrogen (secondary N) is 1. The molecule has 0 bridgehead atoms. The van der Waals surface area contributed by atoms with Crippen molar-refractivity contribution in [3.05, 3.63) is 36.0 Å². The molecule has 1 aromatic heterocycles. The number of aromatic nitrogens is 1. The molecule has 5 rings (SSSR count). The van der Waals surface area contributed by atoms with Gasteiger partial charge in [0.2, 0.25) is 0 Å². The molecule has 2 aromatic carbocycles. The Balaban J connectivity index is 1.34. The fourth-order valence-electron chi connectivity index (χ4n) is 5.00. The van der Waals surface area contributed by atoms with Gasteiger partial charge in [0.15, 0.2) is 5.58 Å². The number of Topliss-reactive ketones (excluding diaryl/α,β-unsaturated/α-hetero) is 2. The van der Waals surface area contributed by atoms with Crippen molar-refractivity contribution in [3.8, 4) is 5.75 Å². The summed E-state index contributed by atoms with van der Waals surface area (Å²) >= 11 is 0. The summed E-state index contributed by atoms with van der Waals surface area (Å²) in [5.41, 5.74) is 1.31. The average molecular weight is 436 g/mol. The molecular weight excluding hydrogens is 406 g/mol. The highest BCUT2D eigenvalue weighted by molar-refractivity contribution is 6.11. The molecule has 1 aliphatic carbocycles. The highest BCUT2D eigenvalue weighted by Gasteiger charge is 2.32. The summed E-state index contributed by atoms with van der Waals surface area (Å²) in [4.78, 5) is 26.5. The molecule has 1 saturated carbocycles. The molecule has 1 aliphatic heterocycles. The van der Waals surface area contributed by atoms with Crippen LogP contribution in [0.2, 0.25) is 0 Å². The van der Waals surface area contributed by atoms with Gasteiger partial charge in [-0.05, 0) is 74.4 Å². The second kappa shape index (κ2) is 9.00. The number of carbonyl (C=O) groups is 2. The molecular formula is C25H29N3O4. The van der Waals surface area contributed by atoms with Crippen molar-refractivity contribution in [2.45, 2.75) is 44.1 Å². The van der Waals surface area contributed by atoms with Crippen LogP contribution in [0.25, 0.3) is 21.7 Å². The lowest BCUT2D eigenvalue weighted by Crippen LogP contribution is -2.42. The predicted octanol–water partition coefficient (Wildman–Crippen LogP) is 3.45. The summed E-state index contributed by atoms with van der Waals surface area (Å²) < 4.78 is 11.6. The lowest BCUT2D eigenvalue weighted by molar-refractivity contribution is -0.130. The number of fused-ring (bicyclic) bond motifs is 3. The van der Waals surface area contributed by atoms with E-state index >= 15 is 0 Å². The fourth-order valence-corrected chi connectivity index (χ4v) is 5.00. The third-order valence-electron chi connectivity index (χ3n) is 6.90. The van der Waals surface area contributed by atoms with Gasteiger partial charge in [-0.3, -0.25) is 14.5 Å². The minimum atomic E-state index is -0.374. The van der Waals surface area contributed by atoms with Crippen LogP contribution < -0.4 is 10.1 Å². The molecule has 1 saturated heterocycles. The summed E-state index contributed by atoms with van der Waals surface area (Å²) in [7, 11) is 2.17. The Morgan fingerprint density at radius 2 is 2.00 bits per heavy atom. The van der Waals surface area contributed by atoms with E-state index in [9.17, 15) is 9.59 Å². The molecule has 0 radical (unpaired) electrons. The summed E-state index contributed by atoms with van der Waals surface area (Å²) in [5.74, 6) is 0.400. The van der Waals surface area contributed by atoms with E-state index in [2.05, 4.69) is 22.4 Å². The third kappa shape index (κ3) is 4.14. The van der Waals surface area contributed by atoms with Gasteiger partial charge in [0, 0.05) is 19.0 Å². The summed E-state index contributed by atoms with van der Waals surface area (Å²) in [6.07, 6.45) is 3.27. The van der Waals surface area contributed by atoms with E-state index in [4.69, 9.17) is 9.26 Å². The van der Waals surface area contributed by atoms with Crippen molar-refractivity contribution in [1.82, 2.24) is 15.4 Å². The van der Waals surface area contributed by atoms with Crippen molar-refractivity contribution < 1.29 is 18.8 Å². The van der Waals surface area contributed by atoms with Crippen molar-refractivity contribution in [1.29, 1.82) is 0 Å². The summed E-state index contributed by atoms with van der Waals surface area (Å²) in [6, 6.07) is 10.5. The van der Waals surface area contributed by atoms with E-state index in [1.807, 2.05) is 30.3 Å². The first kappa shape index (κ1) is 21.1. The average Bonchev–Trinajstić information content (AvgIpc) is 3.24. The van der Waals surface area contributed by atoms with Crippen molar-refractivity contribution >= 4 is 33.3 Å². The molecule has 2 fully saturated rings. The van der Waals surface area contributed by atoms with Gasteiger partial charge < -0.3 is 14.6 Å². The molecule has 7 nitrogen and oxygen atoms in total. The normalized spacial score (nSPS) is 20.5. The molecule has 1 N–H and O–H groups in total. The zero-order valence-corrected chi connectivity index (χ0v) is 18.4. The van der Waals surface area contributed by atoms with Gasteiger partial charge in [0.05, 0.1) is 17.7 Å². The van der Waals surface area contributed by atoms with E-state index in [0.29, 0.717) is 36.8 Å². The predicted molar refractivity (Wildman–Crippen MR) is 122 cm³/mol. The fraction of sp³-hybridized carbons (Fsp3) is 0.480. The first-order chi connectivity index (χ1) is 15.6. The highest BCUT2D eigenvalue weighted by atomic mass is 16.5. The Hall–Kier alpha value is -2.77. The standard InChI is InChI=1S/C25H29N3O4/c1-28(17-8-10-26-11-9-17)12-13-31-19-4-6-20-16(14-19)2-7-23-24(20)25(27-32-23)21-5-3-18(29)15-22(21)30/h2,4,6-7,14,17,21,26H,3,5,8-13,15H2,1H3/t21-/m1/s1. The van der Waals surface area contributed by atoms with E-state index in [1.165, 1.54) is 12.8 Å². The van der Waals surface area contributed by atoms with Crippen LogP contribution >= 0.6 is 0 Å². The number of likely N-dealkylation sites (N-methyl/N-ethyl adjacent to an activating group) is 1. The number of ketones is 2. The Bertz CT molecular complexity index is 1150. The number of hydrogen-bond acceptors (Lipinski definition) is 7. The molecule has 7 heteroatoms. The van der Waals surface area contributed by atoms with E-state index in [1.54, 1.807) is 0 Å². The number of ether oxygens (including phenoxy) is 1. The van der Waals surface area contributed by atoms with E-state index in [0.717, 1.165) is 41.5 Å². The van der Waals surface area contributed by atoms with Gasteiger partial charge in [-0.15, -0.1) is 0 Å². The molecule has 2 aliphatic rings. The lowest BCUT2D eigenvalue weighted by Gasteiger charge is -2.31. The van der Waals surface area contributed by atoms with Gasteiger partial charge in [-0.2, -0.15) is 0 Å². The molecule has 0 spiro atoms. The molecule has 0 unspecified atom stereocenters. The Labute approximate surface area is 187 Å². The van der Waals surface area contributed by atoms with Gasteiger partial charge >= 0.3 is 0 Å². The molecule has 1 atom stereocenters. The van der Waals surface area contributed by atoms with Crippen LogP contribution in [0.5, 0.6) is 5.75 Å². The number of carbonyl (C=O) groups excluding carboxylic acids is 2. The minimum absolute atomic E-state index is 0.00636. The zero-order chi connectivity index (χ0) is 22.1. The topological polar surface area (TPSA) is 84.7 Å². The number of rotatable bonds is 6. The maximum atomic E-state index is 12.5. The number of nitrogens with zero attached hydrogens (tertiary/aromatic N) is 2. The largest absolute Gasteiger partial charge is 0.492 e. The van der Waals surface area contributed by atoms with Gasteiger partial charge in [0.1, 0.15) is 29.6 Å². The van der Waals surface area contributed by atoms with Crippen LogP contribution in [0.1, 0.15) is 43.7 Å². The summed E-state index contributed by atoms with van der Waals surface area (Å²) in [6.45, 7) is 3.70. The number of piperidine rings is 1. The van der Waals surface area contributed by atoms with Gasteiger partial charge in [-0.25, -0.2) is 0 Å². The number of hydrogen-bond donors (Lipinski definition) is 1. The highest BCUT2D eigenvalue weighted by Crippen LogP contribution is 2.37. The second-order valence-electron chi connectivity index (χ2n) is 8.97.